The fourth-order valence-electron chi connectivity index (χ4n) is 1.94. The number of rotatable bonds is 18. The number of carboxylic acids is 1. The van der Waals surface area contributed by atoms with E-state index in [1.807, 2.05) is 0 Å². The van der Waals surface area contributed by atoms with Gasteiger partial charge >= 0.3 is 5.97 Å². The second-order valence-electron chi connectivity index (χ2n) is 5.66. The van der Waals surface area contributed by atoms with Gasteiger partial charge in [-0.1, -0.05) is 18.2 Å². The van der Waals surface area contributed by atoms with Crippen LogP contribution in [0.5, 0.6) is 0 Å². The lowest BCUT2D eigenvalue weighted by molar-refractivity contribution is -0.143. The standard InChI is InChI=1S/C18H27NO10S/c20-17(14-28-15-18(21)22)19-6-7-25-8-9-26-10-11-27-12-13-29-30(23,24)16-4-2-1-3-5-16/h1-5H,6-15H2,(H,19,20)(H,21,22). The van der Waals surface area contributed by atoms with Gasteiger partial charge in [-0.2, -0.15) is 8.42 Å². The fraction of sp³-hybridized carbons (Fsp3) is 0.556. The average Bonchev–Trinajstić information content (AvgIpc) is 2.71. The second-order valence-corrected chi connectivity index (χ2v) is 7.28. The van der Waals surface area contributed by atoms with Gasteiger partial charge < -0.3 is 29.4 Å². The molecule has 0 unspecified atom stereocenters. The number of hydrogen-bond donors (Lipinski definition) is 2. The van der Waals surface area contributed by atoms with Crippen molar-refractivity contribution in [1.29, 1.82) is 0 Å². The van der Waals surface area contributed by atoms with Crippen molar-refractivity contribution in [2.24, 2.45) is 0 Å². The van der Waals surface area contributed by atoms with Crippen LogP contribution in [-0.4, -0.2) is 91.4 Å². The number of nitrogens with one attached hydrogen (secondary N) is 1. The number of carboxylic acid groups (broad SMARTS) is 1. The highest BCUT2D eigenvalue weighted by Crippen LogP contribution is 2.10. The van der Waals surface area contributed by atoms with E-state index in [9.17, 15) is 18.0 Å². The Morgan fingerprint density at radius 3 is 1.97 bits per heavy atom. The van der Waals surface area contributed by atoms with Crippen LogP contribution in [-0.2, 0) is 42.8 Å². The minimum absolute atomic E-state index is 0.0899. The molecule has 2 N–H and O–H groups in total. The van der Waals surface area contributed by atoms with Crippen molar-refractivity contribution in [1.82, 2.24) is 5.32 Å². The number of carbonyl (C=O) groups excluding carboxylic acids is 1. The molecule has 0 radical (unpaired) electrons. The third-order valence-corrected chi connectivity index (χ3v) is 4.60. The molecule has 0 aromatic heterocycles. The Bertz CT molecular complexity index is 711. The monoisotopic (exact) mass is 449 g/mol. The van der Waals surface area contributed by atoms with Gasteiger partial charge in [0.2, 0.25) is 5.91 Å². The molecule has 11 nitrogen and oxygen atoms in total. The van der Waals surface area contributed by atoms with E-state index in [-0.39, 0.29) is 44.5 Å². The molecule has 0 saturated heterocycles. The zero-order valence-electron chi connectivity index (χ0n) is 16.5. The van der Waals surface area contributed by atoms with Gasteiger partial charge in [0.25, 0.3) is 10.1 Å². The molecule has 0 heterocycles. The highest BCUT2D eigenvalue weighted by atomic mass is 32.2. The van der Waals surface area contributed by atoms with Crippen LogP contribution in [0.2, 0.25) is 0 Å². The summed E-state index contributed by atoms with van der Waals surface area (Å²) in [4.78, 5) is 21.6. The van der Waals surface area contributed by atoms with E-state index in [0.29, 0.717) is 19.8 Å². The van der Waals surface area contributed by atoms with Crippen LogP contribution in [0.15, 0.2) is 35.2 Å². The molecule has 0 aliphatic heterocycles. The Morgan fingerprint density at radius 1 is 0.800 bits per heavy atom. The Morgan fingerprint density at radius 2 is 1.37 bits per heavy atom. The second kappa shape index (κ2) is 15.7. The molecule has 0 fully saturated rings. The molecule has 12 heteroatoms. The molecular formula is C18H27NO10S. The Kier molecular flexibility index (Phi) is 13.6. The van der Waals surface area contributed by atoms with Gasteiger partial charge in [0.1, 0.15) is 13.2 Å². The number of benzene rings is 1. The summed E-state index contributed by atoms with van der Waals surface area (Å²) in [5, 5.41) is 10.9. The van der Waals surface area contributed by atoms with Gasteiger partial charge in [0.15, 0.2) is 0 Å². The summed E-state index contributed by atoms with van der Waals surface area (Å²) in [5.41, 5.74) is 0. The molecule has 1 amide bonds. The molecule has 1 aromatic carbocycles. The van der Waals surface area contributed by atoms with Crippen LogP contribution in [0, 0.1) is 0 Å². The van der Waals surface area contributed by atoms with Gasteiger partial charge in [0.05, 0.1) is 51.1 Å². The number of aliphatic carboxylic acids is 1. The van der Waals surface area contributed by atoms with Crippen LogP contribution in [0.4, 0.5) is 0 Å². The van der Waals surface area contributed by atoms with Crippen LogP contribution in [0.1, 0.15) is 0 Å². The molecular weight excluding hydrogens is 422 g/mol. The summed E-state index contributed by atoms with van der Waals surface area (Å²) in [6.07, 6.45) is 0. The van der Waals surface area contributed by atoms with E-state index < -0.39 is 28.6 Å². The molecule has 30 heavy (non-hydrogen) atoms. The van der Waals surface area contributed by atoms with E-state index in [4.69, 9.17) is 23.5 Å². The van der Waals surface area contributed by atoms with Gasteiger partial charge in [-0.05, 0) is 12.1 Å². The van der Waals surface area contributed by atoms with Crippen LogP contribution < -0.4 is 5.32 Å². The maximum Gasteiger partial charge on any atom is 0.329 e. The van der Waals surface area contributed by atoms with Gasteiger partial charge in [-0.15, -0.1) is 0 Å². The Labute approximate surface area is 175 Å². The molecule has 1 rings (SSSR count). The third kappa shape index (κ3) is 13.2. The van der Waals surface area contributed by atoms with Crippen LogP contribution >= 0.6 is 0 Å². The van der Waals surface area contributed by atoms with Crippen molar-refractivity contribution in [3.05, 3.63) is 30.3 Å². The number of ether oxygens (including phenoxy) is 4. The first-order chi connectivity index (χ1) is 14.4. The van der Waals surface area contributed by atoms with Crippen molar-refractivity contribution in [3.63, 3.8) is 0 Å². The third-order valence-electron chi connectivity index (χ3n) is 3.27. The van der Waals surface area contributed by atoms with Crippen LogP contribution in [0.25, 0.3) is 0 Å². The van der Waals surface area contributed by atoms with Gasteiger partial charge in [-0.3, -0.25) is 8.98 Å². The first-order valence-electron chi connectivity index (χ1n) is 9.16. The number of hydrogen-bond acceptors (Lipinski definition) is 9. The summed E-state index contributed by atoms with van der Waals surface area (Å²) in [7, 11) is -3.77. The molecule has 0 bridgehead atoms. The van der Waals surface area contributed by atoms with Crippen molar-refractivity contribution in [2.45, 2.75) is 4.90 Å². The molecule has 0 atom stereocenters. The number of carbonyl (C=O) groups is 2. The van der Waals surface area contributed by atoms with Crippen molar-refractivity contribution >= 4 is 22.0 Å². The zero-order valence-corrected chi connectivity index (χ0v) is 17.3. The SMILES string of the molecule is O=C(O)COCC(=O)NCCOCCOCCOCCOS(=O)(=O)c1ccccc1. The maximum absolute atomic E-state index is 11.9. The zero-order chi connectivity index (χ0) is 22.1. The normalized spacial score (nSPS) is 11.3. The van der Waals surface area contributed by atoms with E-state index in [0.717, 1.165) is 0 Å². The van der Waals surface area contributed by atoms with Gasteiger partial charge in [-0.25, -0.2) is 4.79 Å². The molecule has 0 spiro atoms. The topological polar surface area (TPSA) is 147 Å². The molecule has 1 aromatic rings. The quantitative estimate of drug-likeness (QED) is 0.225. The summed E-state index contributed by atoms with van der Waals surface area (Å²) in [6.45, 7) is 0.968. The largest absolute Gasteiger partial charge is 0.480 e. The first kappa shape index (κ1) is 25.9. The summed E-state index contributed by atoms with van der Waals surface area (Å²) < 4.78 is 49.0. The van der Waals surface area contributed by atoms with Crippen molar-refractivity contribution in [3.8, 4) is 0 Å². The van der Waals surface area contributed by atoms with Crippen molar-refractivity contribution < 1.29 is 46.2 Å². The van der Waals surface area contributed by atoms with Gasteiger partial charge in [0, 0.05) is 6.54 Å². The average molecular weight is 449 g/mol. The first-order valence-corrected chi connectivity index (χ1v) is 10.6. The van der Waals surface area contributed by atoms with E-state index in [1.165, 1.54) is 12.1 Å². The minimum atomic E-state index is -3.77. The summed E-state index contributed by atoms with van der Waals surface area (Å²) in [6, 6.07) is 7.86. The summed E-state index contributed by atoms with van der Waals surface area (Å²) >= 11 is 0. The summed E-state index contributed by atoms with van der Waals surface area (Å²) in [5.74, 6) is -1.56. The highest BCUT2D eigenvalue weighted by molar-refractivity contribution is 7.86. The van der Waals surface area contributed by atoms with E-state index >= 15 is 0 Å². The van der Waals surface area contributed by atoms with E-state index in [1.54, 1.807) is 18.2 Å². The molecule has 0 aliphatic carbocycles. The fourth-order valence-corrected chi connectivity index (χ4v) is 2.86. The van der Waals surface area contributed by atoms with Crippen LogP contribution in [0.3, 0.4) is 0 Å². The Balaban J connectivity index is 1.87. The highest BCUT2D eigenvalue weighted by Gasteiger charge is 2.13. The lowest BCUT2D eigenvalue weighted by Gasteiger charge is -2.08. The number of amides is 1. The van der Waals surface area contributed by atoms with Crippen molar-refractivity contribution in [2.75, 3.05) is 66.0 Å². The smallest absolute Gasteiger partial charge is 0.329 e. The lowest BCUT2D eigenvalue weighted by atomic mass is 10.4. The molecule has 0 aliphatic rings. The predicted octanol–water partition coefficient (Wildman–Crippen LogP) is -0.341. The Hall–Kier alpha value is -2.09. The minimum Gasteiger partial charge on any atom is -0.480 e. The molecule has 0 saturated carbocycles. The van der Waals surface area contributed by atoms with E-state index in [2.05, 4.69) is 10.1 Å². The molecule has 170 valence electrons. The predicted molar refractivity (Wildman–Crippen MR) is 104 cm³/mol. The lowest BCUT2D eigenvalue weighted by Crippen LogP contribution is -2.31. The maximum atomic E-state index is 11.9.